The van der Waals surface area contributed by atoms with Gasteiger partial charge in [-0.3, -0.25) is 14.6 Å². The van der Waals surface area contributed by atoms with Gasteiger partial charge < -0.3 is 11.1 Å². The molecule has 0 saturated carbocycles. The first-order valence-corrected chi connectivity index (χ1v) is 5.60. The first-order chi connectivity index (χ1) is 8.63. The van der Waals surface area contributed by atoms with Gasteiger partial charge in [0.15, 0.2) is 0 Å². The van der Waals surface area contributed by atoms with Gasteiger partial charge in [0.25, 0.3) is 5.91 Å². The van der Waals surface area contributed by atoms with Gasteiger partial charge >= 0.3 is 0 Å². The summed E-state index contributed by atoms with van der Waals surface area (Å²) in [5.74, 6) is 0.306. The summed E-state index contributed by atoms with van der Waals surface area (Å²) in [6, 6.07) is -0.278. The second kappa shape index (κ2) is 4.86. The molecule has 0 aliphatic rings. The number of carbonyl (C=O) groups excluding carboxylic acids is 1. The highest BCUT2D eigenvalue weighted by Gasteiger charge is 2.19. The van der Waals surface area contributed by atoms with Crippen LogP contribution in [0.5, 0.6) is 0 Å². The molecule has 2 aromatic rings. The van der Waals surface area contributed by atoms with E-state index < -0.39 is 0 Å². The molecule has 0 fully saturated rings. The van der Waals surface area contributed by atoms with E-state index in [-0.39, 0.29) is 11.9 Å². The van der Waals surface area contributed by atoms with Crippen LogP contribution in [0.2, 0.25) is 0 Å². The van der Waals surface area contributed by atoms with Gasteiger partial charge in [0, 0.05) is 6.54 Å². The summed E-state index contributed by atoms with van der Waals surface area (Å²) in [5, 5.41) is 13.2. The van der Waals surface area contributed by atoms with E-state index >= 15 is 0 Å². The first-order valence-electron chi connectivity index (χ1n) is 5.60. The van der Waals surface area contributed by atoms with Crippen LogP contribution >= 0.6 is 0 Å². The number of anilines is 1. The van der Waals surface area contributed by atoms with Crippen molar-refractivity contribution < 1.29 is 4.79 Å². The van der Waals surface area contributed by atoms with Crippen molar-refractivity contribution in [1.82, 2.24) is 30.3 Å². The number of nitrogens with two attached hydrogens (primary N) is 1. The number of rotatable bonds is 4. The fourth-order valence-corrected chi connectivity index (χ4v) is 1.64. The predicted octanol–water partition coefficient (Wildman–Crippen LogP) is 0.0943. The molecule has 0 saturated heterocycles. The summed E-state index contributed by atoms with van der Waals surface area (Å²) in [6.07, 6.45) is 2.86. The largest absolute Gasteiger partial charge is 0.396 e. The molecule has 96 valence electrons. The normalized spacial score (nSPS) is 12.3. The number of nitrogens with zero attached hydrogens (tertiary/aromatic N) is 4. The molecule has 1 amide bonds. The van der Waals surface area contributed by atoms with E-state index in [0.29, 0.717) is 23.8 Å². The number of carbonyl (C=O) groups is 1. The molecule has 0 aliphatic heterocycles. The second-order valence-electron chi connectivity index (χ2n) is 3.83. The Balaban J connectivity index is 2.15. The minimum atomic E-state index is -0.282. The van der Waals surface area contributed by atoms with Crippen LogP contribution in [0.1, 0.15) is 36.2 Å². The molecule has 0 spiro atoms. The number of hydrogen-bond donors (Lipinski definition) is 3. The zero-order valence-electron chi connectivity index (χ0n) is 10.2. The van der Waals surface area contributed by atoms with Crippen LogP contribution in [0, 0.1) is 0 Å². The Kier molecular flexibility index (Phi) is 3.26. The topological polar surface area (TPSA) is 115 Å². The van der Waals surface area contributed by atoms with Crippen LogP contribution in [0.25, 0.3) is 0 Å². The van der Waals surface area contributed by atoms with Crippen LogP contribution < -0.4 is 11.1 Å². The van der Waals surface area contributed by atoms with E-state index in [1.165, 1.54) is 12.5 Å². The number of nitrogens with one attached hydrogen (secondary N) is 2. The minimum Gasteiger partial charge on any atom is -0.396 e. The van der Waals surface area contributed by atoms with E-state index in [2.05, 4.69) is 25.6 Å². The van der Waals surface area contributed by atoms with Crippen molar-refractivity contribution in [3.63, 3.8) is 0 Å². The van der Waals surface area contributed by atoms with Gasteiger partial charge in [0.05, 0.1) is 17.9 Å². The van der Waals surface area contributed by atoms with E-state index in [0.717, 1.165) is 0 Å². The third-order valence-electron chi connectivity index (χ3n) is 2.57. The zero-order chi connectivity index (χ0) is 13.1. The molecule has 1 atom stereocenters. The van der Waals surface area contributed by atoms with Crippen molar-refractivity contribution in [3.05, 3.63) is 24.0 Å². The maximum Gasteiger partial charge on any atom is 0.272 e. The van der Waals surface area contributed by atoms with E-state index in [4.69, 9.17) is 5.73 Å². The van der Waals surface area contributed by atoms with Gasteiger partial charge in [0.2, 0.25) is 0 Å². The lowest BCUT2D eigenvalue weighted by molar-refractivity contribution is 0.0928. The standard InChI is InChI=1S/C10H15N7O/c1-3-17-8(7(11)4-14-17)10(18)15-6(2)9-12-5-13-16-9/h4-6H,3,11H2,1-2H3,(H,15,18)(H,12,13,16). The Bertz CT molecular complexity index is 530. The van der Waals surface area contributed by atoms with E-state index in [1.807, 2.05) is 6.92 Å². The lowest BCUT2D eigenvalue weighted by Crippen LogP contribution is -2.30. The summed E-state index contributed by atoms with van der Waals surface area (Å²) in [6.45, 7) is 4.28. The minimum absolute atomic E-state index is 0.278. The van der Waals surface area contributed by atoms with E-state index in [1.54, 1.807) is 11.6 Å². The molecule has 2 rings (SSSR count). The molecular weight excluding hydrogens is 234 g/mol. The zero-order valence-corrected chi connectivity index (χ0v) is 10.2. The van der Waals surface area contributed by atoms with Crippen molar-refractivity contribution in [2.45, 2.75) is 26.4 Å². The molecule has 0 aromatic carbocycles. The number of aromatic nitrogens is 5. The van der Waals surface area contributed by atoms with Crippen LogP contribution in [-0.2, 0) is 6.54 Å². The van der Waals surface area contributed by atoms with Gasteiger partial charge in [-0.05, 0) is 13.8 Å². The molecule has 4 N–H and O–H groups in total. The number of aryl methyl sites for hydroxylation is 1. The van der Waals surface area contributed by atoms with E-state index in [9.17, 15) is 4.79 Å². The van der Waals surface area contributed by atoms with Gasteiger partial charge in [-0.25, -0.2) is 4.98 Å². The summed E-state index contributed by atoms with van der Waals surface area (Å²) < 4.78 is 1.55. The average molecular weight is 249 g/mol. The molecule has 0 bridgehead atoms. The highest BCUT2D eigenvalue weighted by atomic mass is 16.2. The molecule has 8 heteroatoms. The molecule has 0 radical (unpaired) electrons. The smallest absolute Gasteiger partial charge is 0.272 e. The summed E-state index contributed by atoms with van der Waals surface area (Å²) >= 11 is 0. The lowest BCUT2D eigenvalue weighted by Gasteiger charge is -2.12. The molecule has 8 nitrogen and oxygen atoms in total. The molecule has 1 unspecified atom stereocenters. The lowest BCUT2D eigenvalue weighted by atomic mass is 10.2. The Morgan fingerprint density at radius 3 is 3.06 bits per heavy atom. The number of amides is 1. The quantitative estimate of drug-likeness (QED) is 0.710. The predicted molar refractivity (Wildman–Crippen MR) is 64.6 cm³/mol. The highest BCUT2D eigenvalue weighted by Crippen LogP contribution is 2.13. The van der Waals surface area contributed by atoms with Crippen LogP contribution in [0.3, 0.4) is 0 Å². The maximum absolute atomic E-state index is 12.1. The number of aromatic amines is 1. The van der Waals surface area contributed by atoms with Crippen LogP contribution in [-0.4, -0.2) is 30.9 Å². The van der Waals surface area contributed by atoms with Crippen molar-refractivity contribution in [2.75, 3.05) is 5.73 Å². The maximum atomic E-state index is 12.1. The van der Waals surface area contributed by atoms with Crippen molar-refractivity contribution in [1.29, 1.82) is 0 Å². The number of H-pyrrole nitrogens is 1. The third kappa shape index (κ3) is 2.17. The molecule has 2 aromatic heterocycles. The Hall–Kier alpha value is -2.38. The summed E-state index contributed by atoms with van der Waals surface area (Å²) in [5.41, 5.74) is 6.46. The Morgan fingerprint density at radius 2 is 2.44 bits per heavy atom. The second-order valence-corrected chi connectivity index (χ2v) is 3.83. The molecule has 2 heterocycles. The van der Waals surface area contributed by atoms with Crippen molar-refractivity contribution in [2.24, 2.45) is 0 Å². The fraction of sp³-hybridized carbons (Fsp3) is 0.400. The molecular formula is C10H15N7O. The first kappa shape index (κ1) is 12.1. The van der Waals surface area contributed by atoms with Gasteiger partial charge in [0.1, 0.15) is 17.8 Å². The SMILES string of the molecule is CCn1ncc(N)c1C(=O)NC(C)c1ncn[nH]1. The van der Waals surface area contributed by atoms with Crippen molar-refractivity contribution >= 4 is 11.6 Å². The van der Waals surface area contributed by atoms with Crippen molar-refractivity contribution in [3.8, 4) is 0 Å². The van der Waals surface area contributed by atoms with Gasteiger partial charge in [-0.15, -0.1) is 0 Å². The average Bonchev–Trinajstić information content (AvgIpc) is 2.97. The summed E-state index contributed by atoms with van der Waals surface area (Å²) in [7, 11) is 0. The number of hydrogen-bond acceptors (Lipinski definition) is 5. The third-order valence-corrected chi connectivity index (χ3v) is 2.57. The monoisotopic (exact) mass is 249 g/mol. The molecule has 0 aliphatic carbocycles. The molecule has 18 heavy (non-hydrogen) atoms. The van der Waals surface area contributed by atoms with Crippen LogP contribution in [0.15, 0.2) is 12.5 Å². The van der Waals surface area contributed by atoms with Gasteiger partial charge in [-0.1, -0.05) is 0 Å². The Morgan fingerprint density at radius 1 is 1.67 bits per heavy atom. The fourth-order valence-electron chi connectivity index (χ4n) is 1.64. The van der Waals surface area contributed by atoms with Crippen LogP contribution in [0.4, 0.5) is 5.69 Å². The highest BCUT2D eigenvalue weighted by molar-refractivity contribution is 5.97. The van der Waals surface area contributed by atoms with Gasteiger partial charge in [-0.2, -0.15) is 10.2 Å². The number of nitrogen functional groups attached to an aromatic ring is 1. The summed E-state index contributed by atoms with van der Waals surface area (Å²) in [4.78, 5) is 16.1. The Labute approximate surface area is 104 Å².